The third-order valence-electron chi connectivity index (χ3n) is 2.55. The van der Waals surface area contributed by atoms with Gasteiger partial charge in [0.05, 0.1) is 5.02 Å². The fourth-order valence-corrected chi connectivity index (χ4v) is 2.07. The summed E-state index contributed by atoms with van der Waals surface area (Å²) in [5.74, 6) is -1.01. The normalized spacial score (nSPS) is 10.6. The summed E-state index contributed by atoms with van der Waals surface area (Å²) in [7, 11) is 0. The second-order valence-corrected chi connectivity index (χ2v) is 4.45. The second-order valence-electron chi connectivity index (χ2n) is 3.66. The van der Waals surface area contributed by atoms with Crippen LogP contribution >= 0.6 is 23.2 Å². The minimum atomic E-state index is -0.538. The first kappa shape index (κ1) is 12.3. The van der Waals surface area contributed by atoms with E-state index in [9.17, 15) is 8.78 Å². The van der Waals surface area contributed by atoms with Crippen LogP contribution in [0.15, 0.2) is 30.3 Å². The van der Waals surface area contributed by atoms with Crippen LogP contribution in [0, 0.1) is 18.6 Å². The molecule has 0 amide bonds. The van der Waals surface area contributed by atoms with Gasteiger partial charge >= 0.3 is 0 Å². The maximum absolute atomic E-state index is 13.3. The summed E-state index contributed by atoms with van der Waals surface area (Å²) in [6, 6.07) is 6.91. The van der Waals surface area contributed by atoms with Crippen LogP contribution in [0.4, 0.5) is 8.78 Å². The molecule has 0 unspecified atom stereocenters. The largest absolute Gasteiger partial charge is 0.207 e. The Morgan fingerprint density at radius 3 is 2.41 bits per heavy atom. The Kier molecular flexibility index (Phi) is 3.36. The molecule has 17 heavy (non-hydrogen) atoms. The Labute approximate surface area is 108 Å². The van der Waals surface area contributed by atoms with E-state index in [1.807, 2.05) is 0 Å². The van der Waals surface area contributed by atoms with E-state index in [2.05, 4.69) is 0 Å². The average molecular weight is 273 g/mol. The molecule has 0 saturated carbocycles. The smallest absolute Gasteiger partial charge is 0.142 e. The summed E-state index contributed by atoms with van der Waals surface area (Å²) < 4.78 is 26.6. The van der Waals surface area contributed by atoms with E-state index in [4.69, 9.17) is 23.2 Å². The molecule has 0 saturated heterocycles. The number of hydrogen-bond acceptors (Lipinski definition) is 0. The van der Waals surface area contributed by atoms with Gasteiger partial charge < -0.3 is 0 Å². The minimum Gasteiger partial charge on any atom is -0.207 e. The highest BCUT2D eigenvalue weighted by Crippen LogP contribution is 2.35. The first-order valence-corrected chi connectivity index (χ1v) is 5.66. The number of rotatable bonds is 1. The van der Waals surface area contributed by atoms with E-state index in [0.29, 0.717) is 21.7 Å². The molecule has 0 atom stereocenters. The van der Waals surface area contributed by atoms with Crippen LogP contribution in [-0.2, 0) is 0 Å². The molecule has 2 rings (SSSR count). The summed E-state index contributed by atoms with van der Waals surface area (Å²) >= 11 is 11.7. The molecule has 2 aromatic carbocycles. The molecule has 0 fully saturated rings. The van der Waals surface area contributed by atoms with Crippen molar-refractivity contribution >= 4 is 23.2 Å². The zero-order chi connectivity index (χ0) is 12.6. The number of benzene rings is 2. The van der Waals surface area contributed by atoms with Gasteiger partial charge in [-0.1, -0.05) is 35.3 Å². The molecule has 0 N–H and O–H groups in total. The van der Waals surface area contributed by atoms with Crippen LogP contribution in [-0.4, -0.2) is 0 Å². The van der Waals surface area contributed by atoms with E-state index in [1.54, 1.807) is 13.0 Å². The molecule has 0 aromatic heterocycles. The molecule has 0 aliphatic heterocycles. The van der Waals surface area contributed by atoms with E-state index in [-0.39, 0.29) is 5.02 Å². The van der Waals surface area contributed by atoms with E-state index in [1.165, 1.54) is 24.3 Å². The second kappa shape index (κ2) is 4.63. The first-order valence-electron chi connectivity index (χ1n) is 4.90. The molecule has 0 aliphatic rings. The summed E-state index contributed by atoms with van der Waals surface area (Å²) in [4.78, 5) is 0. The molecule has 0 radical (unpaired) electrons. The molecular formula is C13H8Cl2F2. The minimum absolute atomic E-state index is 0.0303. The van der Waals surface area contributed by atoms with Gasteiger partial charge in [0.25, 0.3) is 0 Å². The quantitative estimate of drug-likeness (QED) is 0.665. The lowest BCUT2D eigenvalue weighted by atomic mass is 10.0. The van der Waals surface area contributed by atoms with Gasteiger partial charge in [-0.25, -0.2) is 8.78 Å². The molecule has 2 aromatic rings. The van der Waals surface area contributed by atoms with Crippen LogP contribution in [0.2, 0.25) is 10.0 Å². The van der Waals surface area contributed by atoms with Crippen molar-refractivity contribution in [2.24, 2.45) is 0 Å². The van der Waals surface area contributed by atoms with Crippen LogP contribution in [0.25, 0.3) is 11.1 Å². The van der Waals surface area contributed by atoms with Crippen molar-refractivity contribution in [3.63, 3.8) is 0 Å². The monoisotopic (exact) mass is 272 g/mol. The molecule has 0 nitrogen and oxygen atoms in total. The lowest BCUT2D eigenvalue weighted by Crippen LogP contribution is -1.90. The standard InChI is InChI=1S/C13H8Cl2F2/c1-7-10(5-8(16)6-11(7)14)9-3-2-4-12(17)13(9)15/h2-6H,1H3. The van der Waals surface area contributed by atoms with Crippen LogP contribution in [0.1, 0.15) is 5.56 Å². The maximum Gasteiger partial charge on any atom is 0.142 e. The van der Waals surface area contributed by atoms with E-state index in [0.717, 1.165) is 0 Å². The van der Waals surface area contributed by atoms with Crippen molar-refractivity contribution in [3.8, 4) is 11.1 Å². The lowest BCUT2D eigenvalue weighted by Gasteiger charge is -2.10. The summed E-state index contributed by atoms with van der Waals surface area (Å²) in [6.45, 7) is 1.73. The fourth-order valence-electron chi connectivity index (χ4n) is 1.64. The zero-order valence-electron chi connectivity index (χ0n) is 8.90. The fraction of sp³-hybridized carbons (Fsp3) is 0.0769. The van der Waals surface area contributed by atoms with Crippen LogP contribution in [0.5, 0.6) is 0 Å². The molecule has 88 valence electrons. The van der Waals surface area contributed by atoms with Crippen molar-refractivity contribution < 1.29 is 8.78 Å². The molecule has 0 aliphatic carbocycles. The van der Waals surface area contributed by atoms with Crippen molar-refractivity contribution in [3.05, 3.63) is 57.6 Å². The van der Waals surface area contributed by atoms with Gasteiger partial charge in [0.2, 0.25) is 0 Å². The molecule has 0 bridgehead atoms. The third-order valence-corrected chi connectivity index (χ3v) is 3.33. The van der Waals surface area contributed by atoms with Gasteiger partial charge in [-0.2, -0.15) is 0 Å². The predicted molar refractivity (Wildman–Crippen MR) is 66.6 cm³/mol. The number of hydrogen-bond donors (Lipinski definition) is 0. The molecule has 0 heterocycles. The average Bonchev–Trinajstić information content (AvgIpc) is 2.27. The van der Waals surface area contributed by atoms with Crippen LogP contribution in [0.3, 0.4) is 0 Å². The Balaban J connectivity index is 2.73. The first-order chi connectivity index (χ1) is 8.00. The van der Waals surface area contributed by atoms with Gasteiger partial charge in [-0.3, -0.25) is 0 Å². The van der Waals surface area contributed by atoms with Crippen molar-refractivity contribution in [2.45, 2.75) is 6.92 Å². The number of halogens is 4. The Morgan fingerprint density at radius 1 is 1.00 bits per heavy atom. The summed E-state index contributed by atoms with van der Waals surface area (Å²) in [6.07, 6.45) is 0. The van der Waals surface area contributed by atoms with Gasteiger partial charge in [-0.05, 0) is 36.2 Å². The van der Waals surface area contributed by atoms with Gasteiger partial charge in [0.1, 0.15) is 11.6 Å². The van der Waals surface area contributed by atoms with Gasteiger partial charge in [0.15, 0.2) is 0 Å². The highest BCUT2D eigenvalue weighted by Gasteiger charge is 2.13. The van der Waals surface area contributed by atoms with Crippen molar-refractivity contribution in [1.82, 2.24) is 0 Å². The topological polar surface area (TPSA) is 0 Å². The molecule has 0 spiro atoms. The predicted octanol–water partition coefficient (Wildman–Crippen LogP) is 5.25. The van der Waals surface area contributed by atoms with E-state index < -0.39 is 11.6 Å². The van der Waals surface area contributed by atoms with Crippen molar-refractivity contribution in [1.29, 1.82) is 0 Å². The summed E-state index contributed by atoms with van der Waals surface area (Å²) in [5.41, 5.74) is 1.60. The molecular weight excluding hydrogens is 265 g/mol. The zero-order valence-corrected chi connectivity index (χ0v) is 10.4. The van der Waals surface area contributed by atoms with Crippen LogP contribution < -0.4 is 0 Å². The Bertz CT molecular complexity index is 580. The highest BCUT2D eigenvalue weighted by molar-refractivity contribution is 6.34. The van der Waals surface area contributed by atoms with Gasteiger partial charge in [-0.15, -0.1) is 0 Å². The summed E-state index contributed by atoms with van der Waals surface area (Å²) in [5, 5.41) is 0.262. The lowest BCUT2D eigenvalue weighted by molar-refractivity contribution is 0.626. The van der Waals surface area contributed by atoms with Crippen molar-refractivity contribution in [2.75, 3.05) is 0 Å². The molecule has 4 heteroatoms. The Morgan fingerprint density at radius 2 is 1.71 bits per heavy atom. The highest BCUT2D eigenvalue weighted by atomic mass is 35.5. The SMILES string of the molecule is Cc1c(Cl)cc(F)cc1-c1cccc(F)c1Cl. The third kappa shape index (κ3) is 2.28. The Hall–Kier alpha value is -1.12. The maximum atomic E-state index is 13.3. The van der Waals surface area contributed by atoms with Gasteiger partial charge in [0, 0.05) is 10.6 Å². The van der Waals surface area contributed by atoms with E-state index >= 15 is 0 Å².